The lowest BCUT2D eigenvalue weighted by molar-refractivity contribution is -0.164. The molecule has 1 aliphatic carbocycles. The van der Waals surface area contributed by atoms with E-state index in [9.17, 15) is 9.59 Å². The van der Waals surface area contributed by atoms with Gasteiger partial charge in [-0.05, 0) is 106 Å². The Labute approximate surface area is 300 Å². The van der Waals surface area contributed by atoms with E-state index in [0.717, 1.165) is 55.2 Å². The Morgan fingerprint density at radius 2 is 1.68 bits per heavy atom. The average Bonchev–Trinajstić information content (AvgIpc) is 3.15. The third kappa shape index (κ3) is 10.7. The number of piperidine rings is 1. The van der Waals surface area contributed by atoms with Crippen LogP contribution in [0, 0.1) is 11.8 Å². The predicted molar refractivity (Wildman–Crippen MR) is 197 cm³/mol. The molecule has 0 radical (unpaired) electrons. The van der Waals surface area contributed by atoms with E-state index in [1.807, 2.05) is 61.2 Å². The van der Waals surface area contributed by atoms with Gasteiger partial charge in [0.25, 0.3) is 0 Å². The van der Waals surface area contributed by atoms with Crippen molar-refractivity contribution in [2.24, 2.45) is 11.8 Å². The lowest BCUT2D eigenvalue weighted by Gasteiger charge is -2.39. The number of nitrogens with zero attached hydrogens (tertiary/aromatic N) is 1. The van der Waals surface area contributed by atoms with Gasteiger partial charge in [-0.2, -0.15) is 0 Å². The van der Waals surface area contributed by atoms with Gasteiger partial charge >= 0.3 is 5.97 Å². The molecule has 8 heteroatoms. The molecule has 2 aromatic rings. The zero-order valence-corrected chi connectivity index (χ0v) is 30.8. The Hall–Kier alpha value is -3.62. The topological polar surface area (TPSA) is 83.5 Å². The Morgan fingerprint density at radius 1 is 0.920 bits per heavy atom. The smallest absolute Gasteiger partial charge is 0.329 e. The summed E-state index contributed by atoms with van der Waals surface area (Å²) in [7, 11) is 3.24. The minimum absolute atomic E-state index is 0.0818. The predicted octanol–water partition coefficient (Wildman–Crippen LogP) is 8.53. The second-order valence-electron chi connectivity index (χ2n) is 14.1. The molecule has 0 N–H and O–H groups in total. The molecular formula is C42H59NO7. The van der Waals surface area contributed by atoms with Gasteiger partial charge in [0.15, 0.2) is 11.5 Å². The number of amides is 1. The molecule has 4 rings (SSSR count). The fourth-order valence-electron chi connectivity index (χ4n) is 7.43. The first kappa shape index (κ1) is 39.2. The summed E-state index contributed by atoms with van der Waals surface area (Å²) in [4.78, 5) is 30.3. The highest BCUT2D eigenvalue weighted by molar-refractivity contribution is 5.86. The number of carbonyl (C=O) groups excluding carboxylic acids is 2. The number of ether oxygens (including phenoxy) is 5. The van der Waals surface area contributed by atoms with Gasteiger partial charge in [-0.1, -0.05) is 55.7 Å². The number of rotatable bonds is 19. The summed E-state index contributed by atoms with van der Waals surface area (Å²) in [6, 6.07) is 13.4. The molecule has 2 fully saturated rings. The van der Waals surface area contributed by atoms with Gasteiger partial charge in [-0.25, -0.2) is 4.79 Å². The molecular weight excluding hydrogens is 630 g/mol. The largest absolute Gasteiger partial charge is 0.493 e. The van der Waals surface area contributed by atoms with Gasteiger partial charge in [-0.3, -0.25) is 4.79 Å². The van der Waals surface area contributed by atoms with Crippen LogP contribution < -0.4 is 9.47 Å². The lowest BCUT2D eigenvalue weighted by Crippen LogP contribution is -2.52. The van der Waals surface area contributed by atoms with Gasteiger partial charge < -0.3 is 28.6 Å². The van der Waals surface area contributed by atoms with Crippen LogP contribution in [0.5, 0.6) is 11.5 Å². The molecule has 1 saturated carbocycles. The number of hydrogen-bond donors (Lipinski definition) is 0. The van der Waals surface area contributed by atoms with Crippen LogP contribution in [-0.4, -0.2) is 63.4 Å². The molecule has 1 saturated heterocycles. The minimum Gasteiger partial charge on any atom is -0.493 e. The summed E-state index contributed by atoms with van der Waals surface area (Å²) in [5.41, 5.74) is 2.30. The summed E-state index contributed by atoms with van der Waals surface area (Å²) in [5.74, 6) is 1.26. The molecule has 274 valence electrons. The highest BCUT2D eigenvalue weighted by Gasteiger charge is 2.39. The molecule has 1 amide bonds. The van der Waals surface area contributed by atoms with E-state index in [-0.39, 0.29) is 17.8 Å². The van der Waals surface area contributed by atoms with Gasteiger partial charge in [0.05, 0.1) is 39.6 Å². The van der Waals surface area contributed by atoms with Crippen molar-refractivity contribution >= 4 is 11.9 Å². The van der Waals surface area contributed by atoms with Crippen LogP contribution in [0.3, 0.4) is 0 Å². The lowest BCUT2D eigenvalue weighted by atomic mass is 9.77. The van der Waals surface area contributed by atoms with E-state index in [1.165, 1.54) is 6.42 Å². The fourth-order valence-corrected chi connectivity index (χ4v) is 7.43. The highest BCUT2D eigenvalue weighted by Crippen LogP contribution is 2.36. The minimum atomic E-state index is -0.603. The van der Waals surface area contributed by atoms with Crippen molar-refractivity contribution in [2.45, 2.75) is 102 Å². The van der Waals surface area contributed by atoms with Crippen molar-refractivity contribution in [1.82, 2.24) is 4.90 Å². The van der Waals surface area contributed by atoms with Crippen molar-refractivity contribution in [3.05, 3.63) is 84.5 Å². The maximum atomic E-state index is 14.2. The molecule has 0 unspecified atom stereocenters. The third-order valence-corrected chi connectivity index (χ3v) is 10.3. The summed E-state index contributed by atoms with van der Waals surface area (Å²) < 4.78 is 29.2. The monoisotopic (exact) mass is 689 g/mol. The summed E-state index contributed by atoms with van der Waals surface area (Å²) in [6.45, 7) is 13.7. The second-order valence-corrected chi connectivity index (χ2v) is 14.1. The standard InChI is InChI=1S/C42H59NO7/c1-7-15-35(32-16-10-9-11-17-32)40(44)43-25-13-12-20-36(43)41(45)50-37(23-21-31-22-24-38(46-5)39(29-31)47-6)33-18-14-19-34(30-33)42(3,4)49-28-27-48-26-8-2/h7-8,14,18-19,22,24,29-30,32,35-37H,1-2,9-13,15-17,20-21,23,25-28H2,3-6H3/t35-,36+,37+/m1/s1. The number of aryl methyl sites for hydroxylation is 1. The van der Waals surface area contributed by atoms with Gasteiger partial charge in [0.1, 0.15) is 12.1 Å². The third-order valence-electron chi connectivity index (χ3n) is 10.3. The van der Waals surface area contributed by atoms with Crippen molar-refractivity contribution in [1.29, 1.82) is 0 Å². The molecule has 0 aromatic heterocycles. The van der Waals surface area contributed by atoms with Crippen LogP contribution in [0.4, 0.5) is 0 Å². The Morgan fingerprint density at radius 3 is 2.40 bits per heavy atom. The van der Waals surface area contributed by atoms with E-state index in [0.29, 0.717) is 69.5 Å². The number of benzene rings is 2. The molecule has 50 heavy (non-hydrogen) atoms. The number of esters is 1. The molecule has 8 nitrogen and oxygen atoms in total. The first-order valence-corrected chi connectivity index (χ1v) is 18.5. The normalized spacial score (nSPS) is 18.2. The first-order chi connectivity index (χ1) is 24.2. The second kappa shape index (κ2) is 19.7. The Kier molecular flexibility index (Phi) is 15.4. The number of methoxy groups -OCH3 is 2. The van der Waals surface area contributed by atoms with E-state index in [4.69, 9.17) is 23.7 Å². The van der Waals surface area contributed by atoms with Crippen LogP contribution in [0.2, 0.25) is 0 Å². The van der Waals surface area contributed by atoms with Crippen molar-refractivity contribution in [3.8, 4) is 11.5 Å². The maximum Gasteiger partial charge on any atom is 0.329 e. The molecule has 1 heterocycles. The molecule has 2 aliphatic rings. The van der Waals surface area contributed by atoms with Gasteiger partial charge in [0, 0.05) is 12.5 Å². The van der Waals surface area contributed by atoms with Crippen LogP contribution >= 0.6 is 0 Å². The van der Waals surface area contributed by atoms with Crippen LogP contribution in [0.15, 0.2) is 67.8 Å². The molecule has 0 bridgehead atoms. The molecule has 1 aliphatic heterocycles. The van der Waals surface area contributed by atoms with Crippen LogP contribution in [-0.2, 0) is 35.8 Å². The van der Waals surface area contributed by atoms with E-state index in [1.54, 1.807) is 20.3 Å². The highest BCUT2D eigenvalue weighted by atomic mass is 16.5. The SMILES string of the molecule is C=CCOCCOC(C)(C)c1cccc([C@H](CCc2ccc(OC)c(OC)c2)OC(=O)[C@@H]2CCCCN2C(=O)[C@H](CC=C)C2CCCCC2)c1. The summed E-state index contributed by atoms with van der Waals surface area (Å²) >= 11 is 0. The quantitative estimate of drug-likeness (QED) is 0.0831. The molecule has 0 spiro atoms. The average molecular weight is 690 g/mol. The molecule has 2 aromatic carbocycles. The van der Waals surface area contributed by atoms with E-state index in [2.05, 4.69) is 19.2 Å². The summed E-state index contributed by atoms with van der Waals surface area (Å²) in [6.07, 6.45) is 12.9. The van der Waals surface area contributed by atoms with Crippen molar-refractivity contribution in [3.63, 3.8) is 0 Å². The number of hydrogen-bond acceptors (Lipinski definition) is 7. The van der Waals surface area contributed by atoms with Gasteiger partial charge in [-0.15, -0.1) is 13.2 Å². The Balaban J connectivity index is 1.58. The number of allylic oxidation sites excluding steroid dienone is 1. The molecule has 3 atom stereocenters. The van der Waals surface area contributed by atoms with E-state index < -0.39 is 17.7 Å². The first-order valence-electron chi connectivity index (χ1n) is 18.5. The number of carbonyl (C=O) groups is 2. The maximum absolute atomic E-state index is 14.2. The summed E-state index contributed by atoms with van der Waals surface area (Å²) in [5, 5.41) is 0. The number of likely N-dealkylation sites (tertiary alicyclic amines) is 1. The zero-order chi connectivity index (χ0) is 35.9. The van der Waals surface area contributed by atoms with Crippen LogP contribution in [0.1, 0.15) is 101 Å². The van der Waals surface area contributed by atoms with Crippen molar-refractivity contribution < 1.29 is 33.3 Å². The zero-order valence-electron chi connectivity index (χ0n) is 30.8. The Bertz CT molecular complexity index is 1400. The van der Waals surface area contributed by atoms with E-state index >= 15 is 0 Å². The van der Waals surface area contributed by atoms with Gasteiger partial charge in [0.2, 0.25) is 5.91 Å². The fraction of sp³-hybridized carbons (Fsp3) is 0.571. The van der Waals surface area contributed by atoms with Crippen molar-refractivity contribution in [2.75, 3.05) is 40.6 Å². The van der Waals surface area contributed by atoms with Crippen LogP contribution in [0.25, 0.3) is 0 Å².